The van der Waals surface area contributed by atoms with Crippen molar-refractivity contribution in [3.8, 4) is 0 Å². The maximum atomic E-state index is 12.7. The van der Waals surface area contributed by atoms with E-state index in [2.05, 4.69) is 4.90 Å². The van der Waals surface area contributed by atoms with Crippen molar-refractivity contribution in [3.63, 3.8) is 0 Å². The van der Waals surface area contributed by atoms with Crippen molar-refractivity contribution in [1.82, 2.24) is 14.1 Å². The first kappa shape index (κ1) is 20.0. The number of amides is 1. The number of likely N-dealkylation sites (N-methyl/N-ethyl adjacent to an activating group) is 1. The Morgan fingerprint density at radius 1 is 1.07 bits per heavy atom. The molecule has 1 aliphatic heterocycles. The Bertz CT molecular complexity index is 795. The highest BCUT2D eigenvalue weighted by molar-refractivity contribution is 7.89. The molecule has 0 atom stereocenters. The molecule has 148 valence electrons. The minimum Gasteiger partial charge on any atom is -0.339 e. The van der Waals surface area contributed by atoms with Crippen LogP contribution in [0.15, 0.2) is 29.2 Å². The van der Waals surface area contributed by atoms with E-state index in [-0.39, 0.29) is 23.1 Å². The summed E-state index contributed by atoms with van der Waals surface area (Å²) in [5.74, 6) is 0.536. The Morgan fingerprint density at radius 3 is 2.19 bits per heavy atom. The zero-order chi connectivity index (χ0) is 19.6. The molecule has 0 N–H and O–H groups in total. The van der Waals surface area contributed by atoms with Crippen LogP contribution in [-0.4, -0.2) is 80.5 Å². The van der Waals surface area contributed by atoms with E-state index < -0.39 is 10.0 Å². The standard InChI is InChI=1S/C19H27N3O4S/c1-15(23)17-5-7-18(8-6-17)27(25,26)20(2)14-19(24)22-11-9-21(10-12-22)13-16-3-4-16/h5-8,16H,3-4,9-14H2,1-2H3. The monoisotopic (exact) mass is 393 g/mol. The summed E-state index contributed by atoms with van der Waals surface area (Å²) in [6, 6.07) is 5.79. The van der Waals surface area contributed by atoms with Gasteiger partial charge in [-0.3, -0.25) is 14.5 Å². The lowest BCUT2D eigenvalue weighted by Gasteiger charge is -2.35. The van der Waals surface area contributed by atoms with Gasteiger partial charge in [0.2, 0.25) is 15.9 Å². The molecule has 2 fully saturated rings. The molecular weight excluding hydrogens is 366 g/mol. The molecule has 0 aromatic heterocycles. The summed E-state index contributed by atoms with van der Waals surface area (Å²) in [5, 5.41) is 0. The van der Waals surface area contributed by atoms with Crippen LogP contribution in [0.2, 0.25) is 0 Å². The van der Waals surface area contributed by atoms with Crippen molar-refractivity contribution >= 4 is 21.7 Å². The molecule has 3 rings (SSSR count). The first-order valence-electron chi connectivity index (χ1n) is 9.35. The molecule has 0 spiro atoms. The summed E-state index contributed by atoms with van der Waals surface area (Å²) in [5.41, 5.74) is 0.455. The van der Waals surface area contributed by atoms with E-state index in [1.165, 1.54) is 51.1 Å². The van der Waals surface area contributed by atoms with E-state index >= 15 is 0 Å². The van der Waals surface area contributed by atoms with Crippen molar-refractivity contribution in [3.05, 3.63) is 29.8 Å². The van der Waals surface area contributed by atoms with Gasteiger partial charge < -0.3 is 4.90 Å². The fraction of sp³-hybridized carbons (Fsp3) is 0.579. The van der Waals surface area contributed by atoms with Gasteiger partial charge in [0.05, 0.1) is 11.4 Å². The predicted octanol–water partition coefficient (Wildman–Crippen LogP) is 1.06. The second-order valence-electron chi connectivity index (χ2n) is 7.47. The Kier molecular flexibility index (Phi) is 5.98. The molecule has 1 heterocycles. The Morgan fingerprint density at radius 2 is 1.67 bits per heavy atom. The number of hydrogen-bond donors (Lipinski definition) is 0. The summed E-state index contributed by atoms with van der Waals surface area (Å²) in [6.45, 7) is 5.36. The number of benzene rings is 1. The lowest BCUT2D eigenvalue weighted by molar-refractivity contribution is -0.133. The van der Waals surface area contributed by atoms with Gasteiger partial charge in [-0.05, 0) is 37.8 Å². The van der Waals surface area contributed by atoms with E-state index in [4.69, 9.17) is 0 Å². The number of piperazine rings is 1. The van der Waals surface area contributed by atoms with Gasteiger partial charge >= 0.3 is 0 Å². The van der Waals surface area contributed by atoms with Crippen LogP contribution >= 0.6 is 0 Å². The molecule has 0 unspecified atom stereocenters. The SMILES string of the molecule is CC(=O)c1ccc(S(=O)(=O)N(C)CC(=O)N2CCN(CC3CC3)CC2)cc1. The van der Waals surface area contributed by atoms with Crippen molar-refractivity contribution in [2.45, 2.75) is 24.7 Å². The topological polar surface area (TPSA) is 78.0 Å². The van der Waals surface area contributed by atoms with Crippen LogP contribution in [0.1, 0.15) is 30.1 Å². The predicted molar refractivity (Wildman–Crippen MR) is 102 cm³/mol. The molecule has 0 radical (unpaired) electrons. The number of sulfonamides is 1. The van der Waals surface area contributed by atoms with E-state index in [1.54, 1.807) is 4.90 Å². The van der Waals surface area contributed by atoms with E-state index in [9.17, 15) is 18.0 Å². The molecule has 0 bridgehead atoms. The Hall–Kier alpha value is -1.77. The molecule has 7 nitrogen and oxygen atoms in total. The molecule has 1 aliphatic carbocycles. The van der Waals surface area contributed by atoms with Crippen LogP contribution in [-0.2, 0) is 14.8 Å². The fourth-order valence-corrected chi connectivity index (χ4v) is 4.38. The van der Waals surface area contributed by atoms with Crippen LogP contribution in [0.3, 0.4) is 0 Å². The lowest BCUT2D eigenvalue weighted by Crippen LogP contribution is -2.51. The fourth-order valence-electron chi connectivity index (χ4n) is 3.26. The largest absolute Gasteiger partial charge is 0.339 e. The van der Waals surface area contributed by atoms with Gasteiger partial charge in [0, 0.05) is 45.3 Å². The zero-order valence-electron chi connectivity index (χ0n) is 15.9. The first-order chi connectivity index (χ1) is 12.8. The minimum absolute atomic E-state index is 0.0806. The summed E-state index contributed by atoms with van der Waals surface area (Å²) in [6.07, 6.45) is 2.63. The summed E-state index contributed by atoms with van der Waals surface area (Å²) >= 11 is 0. The van der Waals surface area contributed by atoms with Crippen molar-refractivity contribution in [2.24, 2.45) is 5.92 Å². The Labute approximate surface area is 161 Å². The van der Waals surface area contributed by atoms with Crippen LogP contribution in [0, 0.1) is 5.92 Å². The number of rotatable bonds is 7. The summed E-state index contributed by atoms with van der Waals surface area (Å²) < 4.78 is 26.4. The number of carbonyl (C=O) groups excluding carboxylic acids is 2. The minimum atomic E-state index is -3.77. The lowest BCUT2D eigenvalue weighted by atomic mass is 10.2. The van der Waals surface area contributed by atoms with Crippen molar-refractivity contribution < 1.29 is 18.0 Å². The Balaban J connectivity index is 1.55. The van der Waals surface area contributed by atoms with E-state index in [1.807, 2.05) is 0 Å². The number of carbonyl (C=O) groups is 2. The van der Waals surface area contributed by atoms with Crippen LogP contribution < -0.4 is 0 Å². The third kappa shape index (κ3) is 4.94. The van der Waals surface area contributed by atoms with Crippen molar-refractivity contribution in [1.29, 1.82) is 0 Å². The molecule has 8 heteroatoms. The molecule has 1 aromatic carbocycles. The second-order valence-corrected chi connectivity index (χ2v) is 9.51. The van der Waals surface area contributed by atoms with Gasteiger partial charge in [0.1, 0.15) is 0 Å². The maximum Gasteiger partial charge on any atom is 0.243 e. The smallest absolute Gasteiger partial charge is 0.243 e. The van der Waals surface area contributed by atoms with E-state index in [0.717, 1.165) is 29.9 Å². The molecule has 27 heavy (non-hydrogen) atoms. The number of hydrogen-bond acceptors (Lipinski definition) is 5. The highest BCUT2D eigenvalue weighted by Crippen LogP contribution is 2.29. The average molecular weight is 394 g/mol. The highest BCUT2D eigenvalue weighted by atomic mass is 32.2. The van der Waals surface area contributed by atoms with Gasteiger partial charge in [0.15, 0.2) is 5.78 Å². The average Bonchev–Trinajstić information content (AvgIpc) is 3.46. The summed E-state index contributed by atoms with van der Waals surface area (Å²) in [4.78, 5) is 28.1. The van der Waals surface area contributed by atoms with Crippen molar-refractivity contribution in [2.75, 3.05) is 46.3 Å². The van der Waals surface area contributed by atoms with Gasteiger partial charge in [-0.25, -0.2) is 8.42 Å². The zero-order valence-corrected chi connectivity index (χ0v) is 16.7. The number of ketones is 1. The van der Waals surface area contributed by atoms with Gasteiger partial charge in [-0.1, -0.05) is 12.1 Å². The third-order valence-corrected chi connectivity index (χ3v) is 7.08. The van der Waals surface area contributed by atoms with Gasteiger partial charge in [0.25, 0.3) is 0 Å². The van der Waals surface area contributed by atoms with E-state index in [0.29, 0.717) is 18.7 Å². The molecule has 1 aromatic rings. The highest BCUT2D eigenvalue weighted by Gasteiger charge is 2.29. The molecule has 1 saturated heterocycles. The normalized spacial score (nSPS) is 18.7. The summed E-state index contributed by atoms with van der Waals surface area (Å²) in [7, 11) is -2.36. The molecule has 1 amide bonds. The quantitative estimate of drug-likeness (QED) is 0.648. The number of nitrogens with zero attached hydrogens (tertiary/aromatic N) is 3. The third-order valence-electron chi connectivity index (χ3n) is 5.27. The van der Waals surface area contributed by atoms with Gasteiger partial charge in [-0.2, -0.15) is 4.31 Å². The van der Waals surface area contributed by atoms with Crippen LogP contribution in [0.25, 0.3) is 0 Å². The second kappa shape index (κ2) is 8.08. The molecular formula is C19H27N3O4S. The molecule has 2 aliphatic rings. The number of Topliss-reactive ketones (excluding diaryl/α,β-unsaturated/α-hetero) is 1. The van der Waals surface area contributed by atoms with Crippen LogP contribution in [0.5, 0.6) is 0 Å². The maximum absolute atomic E-state index is 12.7. The molecule has 1 saturated carbocycles. The van der Waals surface area contributed by atoms with Gasteiger partial charge in [-0.15, -0.1) is 0 Å². The first-order valence-corrected chi connectivity index (χ1v) is 10.8. The van der Waals surface area contributed by atoms with Crippen LogP contribution in [0.4, 0.5) is 0 Å².